The molecule has 1 aliphatic rings. The summed E-state index contributed by atoms with van der Waals surface area (Å²) in [5, 5.41) is 5.63. The van der Waals surface area contributed by atoms with Crippen LogP contribution in [0.25, 0.3) is 11.0 Å². The van der Waals surface area contributed by atoms with Gasteiger partial charge in [-0.3, -0.25) is 9.58 Å². The van der Waals surface area contributed by atoms with E-state index in [0.717, 1.165) is 30.3 Å². The molecule has 0 radical (unpaired) electrons. The number of hydrogen-bond acceptors (Lipinski definition) is 3. The molecule has 23 heavy (non-hydrogen) atoms. The van der Waals surface area contributed by atoms with Gasteiger partial charge >= 0.3 is 0 Å². The van der Waals surface area contributed by atoms with Crippen LogP contribution in [-0.2, 0) is 13.6 Å². The van der Waals surface area contributed by atoms with Gasteiger partial charge in [0.25, 0.3) is 0 Å². The Balaban J connectivity index is 1.73. The predicted molar refractivity (Wildman–Crippen MR) is 95.3 cm³/mol. The second-order valence-electron chi connectivity index (χ2n) is 6.91. The van der Waals surface area contributed by atoms with Crippen LogP contribution in [0.1, 0.15) is 43.4 Å². The molecular weight excluding hydrogens is 284 g/mol. The SMILES string of the molecule is C=CCN(Cc1cnc2c(c1)c(C)nn2C)CC1CCCCC1. The number of fused-ring (bicyclic) bond motifs is 1. The Morgan fingerprint density at radius 1 is 1.35 bits per heavy atom. The van der Waals surface area contributed by atoms with E-state index < -0.39 is 0 Å². The topological polar surface area (TPSA) is 34.0 Å². The quantitative estimate of drug-likeness (QED) is 0.760. The molecule has 0 aliphatic heterocycles. The lowest BCUT2D eigenvalue weighted by Gasteiger charge is -2.29. The zero-order valence-corrected chi connectivity index (χ0v) is 14.5. The molecular formula is C19H28N4. The second-order valence-corrected chi connectivity index (χ2v) is 6.91. The Bertz CT molecular complexity index is 667. The number of rotatable bonds is 6. The van der Waals surface area contributed by atoms with E-state index >= 15 is 0 Å². The Morgan fingerprint density at radius 2 is 2.13 bits per heavy atom. The molecule has 1 fully saturated rings. The van der Waals surface area contributed by atoms with E-state index in [4.69, 9.17) is 0 Å². The second kappa shape index (κ2) is 7.26. The molecule has 2 aromatic heterocycles. The van der Waals surface area contributed by atoms with Gasteiger partial charge in [-0.1, -0.05) is 25.3 Å². The zero-order chi connectivity index (χ0) is 16.2. The van der Waals surface area contributed by atoms with Crippen molar-refractivity contribution in [3.8, 4) is 0 Å². The summed E-state index contributed by atoms with van der Waals surface area (Å²) < 4.78 is 1.86. The summed E-state index contributed by atoms with van der Waals surface area (Å²) in [6.07, 6.45) is 11.0. The van der Waals surface area contributed by atoms with Crippen LogP contribution in [0.5, 0.6) is 0 Å². The van der Waals surface area contributed by atoms with Gasteiger partial charge < -0.3 is 0 Å². The molecule has 2 aromatic rings. The molecule has 0 amide bonds. The molecule has 4 heteroatoms. The molecule has 1 saturated carbocycles. The average Bonchev–Trinajstić information content (AvgIpc) is 2.83. The largest absolute Gasteiger partial charge is 0.295 e. The Morgan fingerprint density at radius 3 is 2.87 bits per heavy atom. The number of nitrogens with zero attached hydrogens (tertiary/aromatic N) is 4. The first-order valence-electron chi connectivity index (χ1n) is 8.79. The maximum atomic E-state index is 4.61. The summed E-state index contributed by atoms with van der Waals surface area (Å²) in [4.78, 5) is 7.12. The van der Waals surface area contributed by atoms with Crippen LogP contribution in [0.2, 0.25) is 0 Å². The standard InChI is InChI=1S/C19H28N4/c1-4-10-23(13-16-8-6-5-7-9-16)14-17-11-18-15(2)21-22(3)19(18)20-12-17/h4,11-12,16H,1,5-10,13-14H2,2-3H3. The molecule has 124 valence electrons. The lowest BCUT2D eigenvalue weighted by molar-refractivity contribution is 0.210. The zero-order valence-electron chi connectivity index (χ0n) is 14.5. The van der Waals surface area contributed by atoms with Crippen LogP contribution < -0.4 is 0 Å². The van der Waals surface area contributed by atoms with Crippen molar-refractivity contribution in [1.29, 1.82) is 0 Å². The highest BCUT2D eigenvalue weighted by Crippen LogP contribution is 2.25. The molecule has 0 unspecified atom stereocenters. The van der Waals surface area contributed by atoms with E-state index in [1.807, 2.05) is 24.0 Å². The van der Waals surface area contributed by atoms with Crippen molar-refractivity contribution in [2.24, 2.45) is 13.0 Å². The molecule has 2 heterocycles. The summed E-state index contributed by atoms with van der Waals surface area (Å²) in [7, 11) is 1.95. The lowest BCUT2D eigenvalue weighted by Crippen LogP contribution is -2.30. The Labute approximate surface area is 139 Å². The minimum atomic E-state index is 0.848. The monoisotopic (exact) mass is 312 g/mol. The minimum absolute atomic E-state index is 0.848. The molecule has 1 aliphatic carbocycles. The summed E-state index contributed by atoms with van der Waals surface area (Å²) in [5.41, 5.74) is 3.29. The van der Waals surface area contributed by atoms with E-state index in [1.165, 1.54) is 49.6 Å². The van der Waals surface area contributed by atoms with Gasteiger partial charge in [-0.05, 0) is 37.3 Å². The van der Waals surface area contributed by atoms with Crippen molar-refractivity contribution in [2.45, 2.75) is 45.6 Å². The predicted octanol–water partition coefficient (Wildman–Crippen LogP) is 3.85. The highest BCUT2D eigenvalue weighted by atomic mass is 15.3. The fourth-order valence-corrected chi connectivity index (χ4v) is 3.82. The number of aromatic nitrogens is 3. The normalized spacial score (nSPS) is 16.3. The molecule has 0 aromatic carbocycles. The summed E-state index contributed by atoms with van der Waals surface area (Å²) >= 11 is 0. The van der Waals surface area contributed by atoms with Gasteiger partial charge in [0.1, 0.15) is 0 Å². The van der Waals surface area contributed by atoms with Crippen molar-refractivity contribution in [3.05, 3.63) is 36.2 Å². The first kappa shape index (κ1) is 16.2. The van der Waals surface area contributed by atoms with Gasteiger partial charge in [0, 0.05) is 38.3 Å². The van der Waals surface area contributed by atoms with Gasteiger partial charge in [0.2, 0.25) is 0 Å². The van der Waals surface area contributed by atoms with Crippen LogP contribution in [0.15, 0.2) is 24.9 Å². The minimum Gasteiger partial charge on any atom is -0.295 e. The fraction of sp³-hybridized carbons (Fsp3) is 0.579. The number of pyridine rings is 1. The van der Waals surface area contributed by atoms with E-state index in [9.17, 15) is 0 Å². The third-order valence-corrected chi connectivity index (χ3v) is 4.95. The van der Waals surface area contributed by atoms with Crippen molar-refractivity contribution in [1.82, 2.24) is 19.7 Å². The summed E-state index contributed by atoms with van der Waals surface area (Å²) in [6.45, 7) is 9.05. The van der Waals surface area contributed by atoms with E-state index in [-0.39, 0.29) is 0 Å². The van der Waals surface area contributed by atoms with Crippen LogP contribution in [-0.4, -0.2) is 32.8 Å². The maximum Gasteiger partial charge on any atom is 0.157 e. The van der Waals surface area contributed by atoms with Crippen LogP contribution in [0.4, 0.5) is 0 Å². The van der Waals surface area contributed by atoms with E-state index in [0.29, 0.717) is 0 Å². The van der Waals surface area contributed by atoms with E-state index in [2.05, 4.69) is 34.6 Å². The molecule has 3 rings (SSSR count). The van der Waals surface area contributed by atoms with Gasteiger partial charge in [-0.2, -0.15) is 5.10 Å². The van der Waals surface area contributed by atoms with Gasteiger partial charge in [0.15, 0.2) is 5.65 Å². The van der Waals surface area contributed by atoms with Crippen LogP contribution >= 0.6 is 0 Å². The summed E-state index contributed by atoms with van der Waals surface area (Å²) in [5.74, 6) is 0.848. The molecule has 0 spiro atoms. The molecule has 0 N–H and O–H groups in total. The first-order chi connectivity index (χ1) is 11.2. The average molecular weight is 312 g/mol. The fourth-order valence-electron chi connectivity index (χ4n) is 3.82. The number of aryl methyl sites for hydroxylation is 2. The van der Waals surface area contributed by atoms with E-state index in [1.54, 1.807) is 0 Å². The smallest absolute Gasteiger partial charge is 0.157 e. The Kier molecular flexibility index (Phi) is 5.11. The third kappa shape index (κ3) is 3.81. The summed E-state index contributed by atoms with van der Waals surface area (Å²) in [6, 6.07) is 2.25. The van der Waals surface area contributed by atoms with Crippen molar-refractivity contribution in [2.75, 3.05) is 13.1 Å². The van der Waals surface area contributed by atoms with Gasteiger partial charge in [-0.25, -0.2) is 4.98 Å². The molecule has 4 nitrogen and oxygen atoms in total. The maximum absolute atomic E-state index is 4.61. The Hall–Kier alpha value is -1.68. The molecule has 0 atom stereocenters. The van der Waals surface area contributed by atoms with Gasteiger partial charge in [-0.15, -0.1) is 6.58 Å². The van der Waals surface area contributed by atoms with Crippen LogP contribution in [0, 0.1) is 12.8 Å². The van der Waals surface area contributed by atoms with Crippen LogP contribution in [0.3, 0.4) is 0 Å². The van der Waals surface area contributed by atoms with Crippen molar-refractivity contribution < 1.29 is 0 Å². The third-order valence-electron chi connectivity index (χ3n) is 4.95. The highest BCUT2D eigenvalue weighted by molar-refractivity contribution is 5.78. The first-order valence-corrected chi connectivity index (χ1v) is 8.79. The lowest BCUT2D eigenvalue weighted by atomic mass is 9.89. The molecule has 0 bridgehead atoms. The van der Waals surface area contributed by atoms with Crippen molar-refractivity contribution in [3.63, 3.8) is 0 Å². The van der Waals surface area contributed by atoms with Crippen molar-refractivity contribution >= 4 is 11.0 Å². The van der Waals surface area contributed by atoms with Gasteiger partial charge in [0.05, 0.1) is 5.69 Å². The number of hydrogen-bond donors (Lipinski definition) is 0. The molecule has 0 saturated heterocycles. The highest BCUT2D eigenvalue weighted by Gasteiger charge is 2.17.